The van der Waals surface area contributed by atoms with Gasteiger partial charge in [-0.2, -0.15) is 0 Å². The second-order valence-corrected chi connectivity index (χ2v) is 22.8. The smallest absolute Gasteiger partial charge is 0.413 e. The van der Waals surface area contributed by atoms with Crippen LogP contribution in [0.15, 0.2) is 96.1 Å². The molecule has 2 saturated carbocycles. The number of methoxy groups -OCH3 is 1. The number of nitrogens with zero attached hydrogens (tertiary/aromatic N) is 2. The molecule has 2 bridgehead atoms. The third-order valence-corrected chi connectivity index (χ3v) is 16.9. The van der Waals surface area contributed by atoms with Gasteiger partial charge >= 0.3 is 24.0 Å². The molecule has 404 valence electrons. The van der Waals surface area contributed by atoms with Crippen molar-refractivity contribution in [2.45, 2.75) is 146 Å². The second-order valence-electron chi connectivity index (χ2n) is 22.8. The summed E-state index contributed by atoms with van der Waals surface area (Å²) in [5.74, 6) is -2.93. The molecule has 1 amide bonds. The van der Waals surface area contributed by atoms with Crippen molar-refractivity contribution in [3.8, 4) is 5.75 Å². The number of amides is 1. The fourth-order valence-corrected chi connectivity index (χ4v) is 13.2. The zero-order valence-electron chi connectivity index (χ0n) is 44.1. The maximum Gasteiger partial charge on any atom is 0.413 e. The molecule has 75 heavy (non-hydrogen) atoms. The largest absolute Gasteiger partial charge is 0.497 e. The average molecular weight is 1040 g/mol. The molecule has 4 aliphatic heterocycles. The Morgan fingerprint density at radius 3 is 2.13 bits per heavy atom. The molecule has 3 aromatic rings. The molecule has 14 atom stereocenters. The fraction of sp³-hybridized carbons (Fsp3) is 0.579. The van der Waals surface area contributed by atoms with E-state index < -0.39 is 119 Å². The van der Waals surface area contributed by atoms with Crippen LogP contribution < -0.4 is 4.74 Å². The first-order chi connectivity index (χ1) is 35.6. The van der Waals surface area contributed by atoms with Gasteiger partial charge in [0.15, 0.2) is 24.2 Å². The van der Waals surface area contributed by atoms with E-state index in [1.54, 1.807) is 107 Å². The first kappa shape index (κ1) is 53.0. The fourth-order valence-electron chi connectivity index (χ4n) is 13.2. The Kier molecular flexibility index (Phi) is 14.0. The maximum absolute atomic E-state index is 15.5. The van der Waals surface area contributed by atoms with Gasteiger partial charge in [-0.25, -0.2) is 14.4 Å². The highest BCUT2D eigenvalue weighted by Crippen LogP contribution is 2.67. The number of hydrogen-bond acceptors (Lipinski definition) is 17. The third kappa shape index (κ3) is 9.11. The number of aliphatic hydroxyl groups excluding tert-OH is 1. The van der Waals surface area contributed by atoms with Crippen LogP contribution >= 0.6 is 0 Å². The van der Waals surface area contributed by atoms with Gasteiger partial charge in [-0.05, 0) is 68.7 Å². The lowest BCUT2D eigenvalue weighted by molar-refractivity contribution is -0.362. The lowest BCUT2D eigenvalue weighted by Gasteiger charge is -2.68. The molecule has 10 unspecified atom stereocenters. The number of carbonyl (C=O) groups excluding carboxylic acids is 4. The van der Waals surface area contributed by atoms with Crippen molar-refractivity contribution >= 4 is 24.0 Å². The van der Waals surface area contributed by atoms with Crippen LogP contribution in [0.3, 0.4) is 0 Å². The first-order valence-corrected chi connectivity index (χ1v) is 26.0. The van der Waals surface area contributed by atoms with Crippen molar-refractivity contribution in [3.05, 3.63) is 113 Å². The van der Waals surface area contributed by atoms with Gasteiger partial charge < -0.3 is 57.6 Å². The number of esters is 3. The molecule has 10 rings (SSSR count). The van der Waals surface area contributed by atoms with Crippen LogP contribution in [0.1, 0.15) is 102 Å². The normalized spacial score (nSPS) is 36.1. The number of carbonyl (C=O) groups is 4. The summed E-state index contributed by atoms with van der Waals surface area (Å²) >= 11 is 0. The van der Waals surface area contributed by atoms with Crippen LogP contribution in [0.25, 0.3) is 0 Å². The monoisotopic (exact) mass is 1040 g/mol. The van der Waals surface area contributed by atoms with Gasteiger partial charge in [0.05, 0.1) is 50.6 Å². The average Bonchev–Trinajstić information content (AvgIpc) is 4.06. The van der Waals surface area contributed by atoms with Gasteiger partial charge in [0.1, 0.15) is 47.4 Å². The van der Waals surface area contributed by atoms with E-state index in [1.807, 2.05) is 33.8 Å². The number of hydrogen-bond donors (Lipinski definition) is 2. The zero-order valence-corrected chi connectivity index (χ0v) is 44.1. The highest BCUT2D eigenvalue weighted by molar-refractivity contribution is 5.89. The highest BCUT2D eigenvalue weighted by atomic mass is 16.7. The number of fused-ring (bicyclic) bond motifs is 8. The van der Waals surface area contributed by atoms with Gasteiger partial charge in [-0.1, -0.05) is 81.4 Å². The first-order valence-electron chi connectivity index (χ1n) is 26.0. The molecule has 18 nitrogen and oxygen atoms in total. The van der Waals surface area contributed by atoms with Crippen molar-refractivity contribution < 1.29 is 76.8 Å². The van der Waals surface area contributed by atoms with Crippen LogP contribution in [0.4, 0.5) is 4.79 Å². The lowest BCUT2D eigenvalue weighted by Crippen LogP contribution is -2.82. The quantitative estimate of drug-likeness (QED) is 0.131. The summed E-state index contributed by atoms with van der Waals surface area (Å²) < 4.78 is 64.2. The summed E-state index contributed by atoms with van der Waals surface area (Å²) in [6, 6.07) is 23.2. The van der Waals surface area contributed by atoms with E-state index in [0.29, 0.717) is 60.9 Å². The molecule has 6 fully saturated rings. The van der Waals surface area contributed by atoms with Gasteiger partial charge in [0, 0.05) is 55.8 Å². The van der Waals surface area contributed by atoms with Crippen molar-refractivity contribution in [3.63, 3.8) is 0 Å². The topological polar surface area (TPSA) is 208 Å². The second kappa shape index (κ2) is 19.8. The Bertz CT molecular complexity index is 2650. The molecule has 18 heteroatoms. The van der Waals surface area contributed by atoms with Crippen LogP contribution in [0, 0.1) is 16.7 Å². The van der Waals surface area contributed by atoms with Crippen molar-refractivity contribution in [2.24, 2.45) is 16.7 Å². The van der Waals surface area contributed by atoms with E-state index in [1.165, 1.54) is 11.8 Å². The minimum Gasteiger partial charge on any atom is -0.497 e. The molecule has 3 aromatic carbocycles. The minimum atomic E-state index is -2.19. The Balaban J connectivity index is 1.13. The van der Waals surface area contributed by atoms with Gasteiger partial charge in [-0.3, -0.25) is 14.6 Å². The summed E-state index contributed by atoms with van der Waals surface area (Å²) in [6.07, 6.45) is -11.5. The van der Waals surface area contributed by atoms with E-state index in [9.17, 15) is 24.6 Å². The maximum atomic E-state index is 15.5. The summed E-state index contributed by atoms with van der Waals surface area (Å²) in [4.78, 5) is 61.9. The van der Waals surface area contributed by atoms with E-state index >= 15 is 4.79 Å². The summed E-state index contributed by atoms with van der Waals surface area (Å²) in [7, 11) is 1.54. The van der Waals surface area contributed by atoms with Gasteiger partial charge in [-0.15, -0.1) is 0 Å². The molecule has 0 aromatic heterocycles. The number of ether oxygens (including phenoxy) is 10. The predicted molar refractivity (Wildman–Crippen MR) is 267 cm³/mol. The van der Waals surface area contributed by atoms with Crippen molar-refractivity contribution in [2.75, 3.05) is 46.6 Å². The summed E-state index contributed by atoms with van der Waals surface area (Å²) in [5, 5.41) is 27.0. The molecule has 2 N–H and O–H groups in total. The molecule has 7 aliphatic rings. The Hall–Kier alpha value is -5.44. The van der Waals surface area contributed by atoms with Crippen LogP contribution in [-0.2, 0) is 52.2 Å². The predicted octanol–water partition coefficient (Wildman–Crippen LogP) is 6.23. The Morgan fingerprint density at radius 1 is 0.853 bits per heavy atom. The number of benzene rings is 3. The minimum absolute atomic E-state index is 0.0300. The number of morpholine rings is 1. The molecular weight excluding hydrogens is 969 g/mol. The van der Waals surface area contributed by atoms with Gasteiger partial charge in [0.25, 0.3) is 0 Å². The van der Waals surface area contributed by atoms with Crippen LogP contribution in [0.5, 0.6) is 5.75 Å². The van der Waals surface area contributed by atoms with E-state index in [2.05, 4.69) is 4.90 Å². The third-order valence-electron chi connectivity index (χ3n) is 16.9. The highest BCUT2D eigenvalue weighted by Gasteiger charge is 2.79. The molecular formula is C57H70N2O16. The molecule has 0 radical (unpaired) electrons. The number of aliphatic hydroxyl groups is 2. The SMILES string of the molecule is COc1ccc([C@H]2O[C@@H](C(=O)OC3CC4(O)C(OC(=O)c5ccccc5)C5C6(OC(C)=O)COC6CC(O)[C@@]5(C)C5OC(CN6CCOCC6)OC5C(=C3C)C4(C)C)[C@H](c3ccccc3)N2C(=O)OC(C)(C)C)cc1. The van der Waals surface area contributed by atoms with E-state index in [0.717, 1.165) is 0 Å². The van der Waals surface area contributed by atoms with Crippen LogP contribution in [-0.4, -0.2) is 156 Å². The summed E-state index contributed by atoms with van der Waals surface area (Å²) in [5.41, 5.74) is -5.19. The summed E-state index contributed by atoms with van der Waals surface area (Å²) in [6.45, 7) is 16.3. The zero-order chi connectivity index (χ0) is 53.4. The van der Waals surface area contributed by atoms with Crippen molar-refractivity contribution in [1.29, 1.82) is 0 Å². The molecule has 3 aliphatic carbocycles. The lowest BCUT2D eigenvalue weighted by atomic mass is 9.44. The molecule has 4 heterocycles. The Labute approximate surface area is 437 Å². The number of rotatable bonds is 10. The van der Waals surface area contributed by atoms with Gasteiger partial charge in [0.2, 0.25) is 0 Å². The molecule has 0 spiro atoms. The van der Waals surface area contributed by atoms with Crippen LogP contribution in [0.2, 0.25) is 0 Å². The molecule has 4 saturated heterocycles. The standard InChI is InChI=1S/C57H70N2O16/c1-32-38(69-51(63)45-43(34-16-12-10-13-17-34)59(52(64)75-53(3,4)5)49(72-45)35-20-22-37(66-9)23-21-35)29-57(65)48(73-50(62)36-18-14-11-15-19-36)46-55(8,39(61)28-40-56(46,31-68-40)74-33(2)60)47-44(42(32)54(57,6)7)70-41(71-47)30-58-24-26-67-27-25-58/h10-23,38-41,43-49,61,65H,24-31H2,1-9H3/t38?,39?,40?,41?,43-,44?,45+,46?,47?,48?,49+,55+,56?,57?/m0/s1. The van der Waals surface area contributed by atoms with E-state index in [4.69, 9.17) is 47.4 Å². The Morgan fingerprint density at radius 2 is 1.52 bits per heavy atom. The van der Waals surface area contributed by atoms with E-state index in [-0.39, 0.29) is 25.0 Å². The van der Waals surface area contributed by atoms with Crippen molar-refractivity contribution in [1.82, 2.24) is 9.80 Å².